The van der Waals surface area contributed by atoms with E-state index >= 15 is 0 Å². The van der Waals surface area contributed by atoms with Crippen LogP contribution in [0.15, 0.2) is 12.3 Å². The Morgan fingerprint density at radius 1 is 1.45 bits per heavy atom. The van der Waals surface area contributed by atoms with Crippen LogP contribution in [0.25, 0.3) is 11.2 Å². The fraction of sp³-hybridized carbons (Fsp3) is 0.500. The Kier molecular flexibility index (Phi) is 3.99. The number of nitrogens with zero attached hydrogens (tertiary/aromatic N) is 3. The number of aromatic nitrogens is 3. The number of aryl methyl sites for hydroxylation is 1. The molecule has 0 spiro atoms. The zero-order valence-corrected chi connectivity index (χ0v) is 12.6. The molecule has 2 aromatic heterocycles. The molecule has 6 heteroatoms. The van der Waals surface area contributed by atoms with Crippen molar-refractivity contribution in [2.45, 2.75) is 45.6 Å². The Morgan fingerprint density at radius 3 is 2.75 bits per heavy atom. The number of pyridine rings is 1. The third kappa shape index (κ3) is 3.10. The van der Waals surface area contributed by atoms with Crippen LogP contribution in [0.1, 0.15) is 39.4 Å². The highest BCUT2D eigenvalue weighted by Crippen LogP contribution is 2.27. The monoisotopic (exact) mass is 295 g/mol. The van der Waals surface area contributed by atoms with Crippen LogP contribution in [-0.4, -0.2) is 25.6 Å². The molecule has 0 bridgehead atoms. The van der Waals surface area contributed by atoms with E-state index in [0.29, 0.717) is 18.0 Å². The summed E-state index contributed by atoms with van der Waals surface area (Å²) in [5.41, 5.74) is 1.36. The predicted octanol–water partition coefficient (Wildman–Crippen LogP) is 3.25. The maximum atomic E-state index is 10.7. The van der Waals surface area contributed by atoms with Gasteiger partial charge in [0.2, 0.25) is 0 Å². The second kappa shape index (κ2) is 5.40. The number of fused-ring (bicyclic) bond motifs is 1. The van der Waals surface area contributed by atoms with E-state index in [9.17, 15) is 4.79 Å². The van der Waals surface area contributed by atoms with Crippen molar-refractivity contribution in [1.29, 1.82) is 0 Å². The molecule has 0 saturated carbocycles. The van der Waals surface area contributed by atoms with Crippen molar-refractivity contribution in [3.05, 3.63) is 23.1 Å². The maximum absolute atomic E-state index is 10.7. The van der Waals surface area contributed by atoms with Gasteiger partial charge in [-0.1, -0.05) is 32.4 Å². The zero-order valence-electron chi connectivity index (χ0n) is 11.9. The summed E-state index contributed by atoms with van der Waals surface area (Å²) in [6.45, 7) is 6.81. The van der Waals surface area contributed by atoms with Crippen molar-refractivity contribution in [3.8, 4) is 0 Å². The summed E-state index contributed by atoms with van der Waals surface area (Å²) < 4.78 is 1.99. The number of imidazole rings is 1. The minimum atomic E-state index is -0.789. The van der Waals surface area contributed by atoms with Crippen molar-refractivity contribution in [1.82, 2.24) is 14.5 Å². The summed E-state index contributed by atoms with van der Waals surface area (Å²) in [5, 5.41) is 9.31. The van der Waals surface area contributed by atoms with Crippen LogP contribution in [0, 0.1) is 0 Å². The predicted molar refractivity (Wildman–Crippen MR) is 78.1 cm³/mol. The molecule has 2 heterocycles. The van der Waals surface area contributed by atoms with Gasteiger partial charge in [0, 0.05) is 24.6 Å². The van der Waals surface area contributed by atoms with Gasteiger partial charge >= 0.3 is 5.97 Å². The molecule has 108 valence electrons. The van der Waals surface area contributed by atoms with Gasteiger partial charge in [0.15, 0.2) is 5.65 Å². The SMILES string of the molecule is CC(C)(C)c1nc2cc(Cl)cnc2n1CCCC(=O)O. The van der Waals surface area contributed by atoms with Crippen LogP contribution in [0.3, 0.4) is 0 Å². The first-order chi connectivity index (χ1) is 9.29. The zero-order chi connectivity index (χ0) is 14.9. The molecule has 2 rings (SSSR count). The first-order valence-corrected chi connectivity index (χ1v) is 6.91. The number of halogens is 1. The van der Waals surface area contributed by atoms with E-state index < -0.39 is 5.97 Å². The van der Waals surface area contributed by atoms with Crippen LogP contribution in [0.2, 0.25) is 5.02 Å². The molecule has 1 N–H and O–H groups in total. The van der Waals surface area contributed by atoms with E-state index in [1.54, 1.807) is 12.3 Å². The molecule has 0 atom stereocenters. The minimum absolute atomic E-state index is 0.136. The van der Waals surface area contributed by atoms with Gasteiger partial charge in [-0.3, -0.25) is 4.79 Å². The third-order valence-electron chi connectivity index (χ3n) is 2.99. The number of carboxylic acids is 1. The van der Waals surface area contributed by atoms with Crippen molar-refractivity contribution < 1.29 is 9.90 Å². The van der Waals surface area contributed by atoms with Gasteiger partial charge in [0.25, 0.3) is 0 Å². The summed E-state index contributed by atoms with van der Waals surface area (Å²) in [7, 11) is 0. The average molecular weight is 296 g/mol. The molecule has 0 amide bonds. The van der Waals surface area contributed by atoms with Crippen LogP contribution in [0.4, 0.5) is 0 Å². The summed E-state index contributed by atoms with van der Waals surface area (Å²) in [5.74, 6) is 0.107. The number of rotatable bonds is 4. The van der Waals surface area contributed by atoms with Crippen LogP contribution in [0.5, 0.6) is 0 Å². The fourth-order valence-corrected chi connectivity index (χ4v) is 2.31. The molecule has 0 aromatic carbocycles. The lowest BCUT2D eigenvalue weighted by atomic mass is 9.95. The van der Waals surface area contributed by atoms with Gasteiger partial charge in [-0.05, 0) is 12.5 Å². The van der Waals surface area contributed by atoms with E-state index in [1.165, 1.54) is 0 Å². The molecule has 5 nitrogen and oxygen atoms in total. The number of hydrogen-bond donors (Lipinski definition) is 1. The smallest absolute Gasteiger partial charge is 0.303 e. The third-order valence-corrected chi connectivity index (χ3v) is 3.20. The second-order valence-corrected chi connectivity index (χ2v) is 6.27. The highest BCUT2D eigenvalue weighted by Gasteiger charge is 2.23. The number of hydrogen-bond acceptors (Lipinski definition) is 3. The van der Waals surface area contributed by atoms with Gasteiger partial charge in [-0.15, -0.1) is 0 Å². The highest BCUT2D eigenvalue weighted by atomic mass is 35.5. The molecule has 0 saturated heterocycles. The summed E-state index contributed by atoms with van der Waals surface area (Å²) in [4.78, 5) is 19.6. The van der Waals surface area contributed by atoms with Crippen molar-refractivity contribution in [2.75, 3.05) is 0 Å². The average Bonchev–Trinajstić information content (AvgIpc) is 2.66. The number of aliphatic carboxylic acids is 1. The van der Waals surface area contributed by atoms with Crippen LogP contribution in [-0.2, 0) is 16.8 Å². The minimum Gasteiger partial charge on any atom is -0.481 e. The van der Waals surface area contributed by atoms with E-state index in [1.807, 2.05) is 4.57 Å². The van der Waals surface area contributed by atoms with Gasteiger partial charge in [0.1, 0.15) is 11.3 Å². The van der Waals surface area contributed by atoms with Crippen LogP contribution >= 0.6 is 11.6 Å². The quantitative estimate of drug-likeness (QED) is 0.940. The molecule has 0 radical (unpaired) electrons. The highest BCUT2D eigenvalue weighted by molar-refractivity contribution is 6.31. The van der Waals surface area contributed by atoms with E-state index in [4.69, 9.17) is 16.7 Å². The fourth-order valence-electron chi connectivity index (χ4n) is 2.16. The van der Waals surface area contributed by atoms with Gasteiger partial charge in [-0.2, -0.15) is 0 Å². The molecule has 0 aliphatic heterocycles. The first-order valence-electron chi connectivity index (χ1n) is 6.53. The molecule has 20 heavy (non-hydrogen) atoms. The molecule has 2 aromatic rings. The molecular weight excluding hydrogens is 278 g/mol. The Morgan fingerprint density at radius 2 is 2.15 bits per heavy atom. The second-order valence-electron chi connectivity index (χ2n) is 5.83. The standard InChI is InChI=1S/C14H18ClN3O2/c1-14(2,3)13-17-10-7-9(15)8-16-12(10)18(13)6-4-5-11(19)20/h7-8H,4-6H2,1-3H3,(H,19,20). The van der Waals surface area contributed by atoms with Gasteiger partial charge in [0.05, 0.1) is 5.02 Å². The number of carbonyl (C=O) groups is 1. The van der Waals surface area contributed by atoms with E-state index in [2.05, 4.69) is 30.7 Å². The molecular formula is C14H18ClN3O2. The van der Waals surface area contributed by atoms with Crippen molar-refractivity contribution >= 4 is 28.7 Å². The Hall–Kier alpha value is -1.62. The normalized spacial score (nSPS) is 12.0. The Bertz CT molecular complexity index is 644. The van der Waals surface area contributed by atoms with Crippen LogP contribution < -0.4 is 0 Å². The molecule has 0 unspecified atom stereocenters. The summed E-state index contributed by atoms with van der Waals surface area (Å²) in [6.07, 6.45) is 2.27. The summed E-state index contributed by atoms with van der Waals surface area (Å²) in [6, 6.07) is 1.78. The van der Waals surface area contributed by atoms with Crippen molar-refractivity contribution in [3.63, 3.8) is 0 Å². The lowest BCUT2D eigenvalue weighted by Gasteiger charge is -2.19. The van der Waals surface area contributed by atoms with Gasteiger partial charge in [-0.25, -0.2) is 9.97 Å². The molecule has 0 aliphatic rings. The van der Waals surface area contributed by atoms with E-state index in [-0.39, 0.29) is 11.8 Å². The number of carboxylic acid groups (broad SMARTS) is 1. The topological polar surface area (TPSA) is 68.0 Å². The Labute approximate surface area is 122 Å². The maximum Gasteiger partial charge on any atom is 0.303 e. The van der Waals surface area contributed by atoms with Gasteiger partial charge < -0.3 is 9.67 Å². The molecule has 0 fully saturated rings. The Balaban J connectivity index is 2.45. The summed E-state index contributed by atoms with van der Waals surface area (Å²) >= 11 is 5.95. The first kappa shape index (κ1) is 14.8. The lowest BCUT2D eigenvalue weighted by molar-refractivity contribution is -0.137. The molecule has 0 aliphatic carbocycles. The largest absolute Gasteiger partial charge is 0.481 e. The lowest BCUT2D eigenvalue weighted by Crippen LogP contribution is -2.19. The van der Waals surface area contributed by atoms with E-state index in [0.717, 1.165) is 17.0 Å². The van der Waals surface area contributed by atoms with Crippen molar-refractivity contribution in [2.24, 2.45) is 0 Å².